The van der Waals surface area contributed by atoms with E-state index >= 15 is 0 Å². The van der Waals surface area contributed by atoms with Crippen molar-refractivity contribution in [1.29, 1.82) is 0 Å². The van der Waals surface area contributed by atoms with Gasteiger partial charge in [0, 0.05) is 0 Å². The van der Waals surface area contributed by atoms with Gasteiger partial charge < -0.3 is 0 Å². The molecule has 0 aliphatic heterocycles. The normalized spacial score (nSPS) is 11.4. The molecule has 0 spiro atoms. The third-order valence-electron chi connectivity index (χ3n) is 6.62. The van der Waals surface area contributed by atoms with Crippen LogP contribution in [0.4, 0.5) is 0 Å². The van der Waals surface area contributed by atoms with E-state index in [0.29, 0.717) is 23.7 Å². The molecule has 0 heterocycles. The molecule has 0 amide bonds. The maximum atomic E-state index is 3.11. The third kappa shape index (κ3) is 6.91. The molecule has 34 heavy (non-hydrogen) atoms. The Morgan fingerprint density at radius 1 is 0.529 bits per heavy atom. The SMILES string of the molecule is Cc1cc2c(C(C)C)cc(C(C)C)cc2[cH-]1.Cc1cc2c(C(C)C)cc(C(C)C)cc2[cH-]1.[Si]=[Hf+2]. The Balaban J connectivity index is 0.000000224. The minimum atomic E-state index is 0.600. The van der Waals surface area contributed by atoms with Crippen LogP contribution in [0.3, 0.4) is 0 Å². The quantitative estimate of drug-likeness (QED) is 0.155. The maximum absolute atomic E-state index is 3.11. The fraction of sp³-hybridized carbons (Fsp3) is 0.438. The molecule has 0 bridgehead atoms. The molecule has 0 aliphatic carbocycles. The van der Waals surface area contributed by atoms with Crippen LogP contribution >= 0.6 is 0 Å². The predicted molar refractivity (Wildman–Crippen MR) is 151 cm³/mol. The van der Waals surface area contributed by atoms with Gasteiger partial charge in [-0.25, -0.2) is 0 Å². The van der Waals surface area contributed by atoms with Gasteiger partial charge in [0.1, 0.15) is 0 Å². The van der Waals surface area contributed by atoms with Gasteiger partial charge in [0.05, 0.1) is 0 Å². The second kappa shape index (κ2) is 12.6. The van der Waals surface area contributed by atoms with Crippen molar-refractivity contribution in [3.8, 4) is 0 Å². The van der Waals surface area contributed by atoms with Crippen LogP contribution in [0.1, 0.15) is 112 Å². The summed E-state index contributed by atoms with van der Waals surface area (Å²) in [6, 6.07) is 18.7. The Labute approximate surface area is 225 Å². The van der Waals surface area contributed by atoms with Crippen LogP contribution in [0, 0.1) is 13.8 Å². The summed E-state index contributed by atoms with van der Waals surface area (Å²) in [6.45, 7) is 25.6. The average Bonchev–Trinajstić information content (AvgIpc) is 3.33. The van der Waals surface area contributed by atoms with E-state index in [9.17, 15) is 0 Å². The molecule has 2 radical (unpaired) electrons. The van der Waals surface area contributed by atoms with Crippen LogP contribution in [0.5, 0.6) is 0 Å². The number of rotatable bonds is 4. The number of hydrogen-bond donors (Lipinski definition) is 0. The number of aryl methyl sites for hydroxylation is 2. The fourth-order valence-corrected chi connectivity index (χ4v) is 4.67. The van der Waals surface area contributed by atoms with Gasteiger partial charge in [-0.05, 0) is 23.7 Å². The molecule has 2 heteroatoms. The van der Waals surface area contributed by atoms with E-state index in [4.69, 9.17) is 0 Å². The topological polar surface area (TPSA) is 0 Å². The molecule has 0 saturated carbocycles. The number of benzene rings is 2. The summed E-state index contributed by atoms with van der Waals surface area (Å²) >= 11 is 1.11. The zero-order chi connectivity index (χ0) is 25.7. The van der Waals surface area contributed by atoms with Gasteiger partial charge in [-0.1, -0.05) is 104 Å². The first kappa shape index (κ1) is 29.0. The summed E-state index contributed by atoms with van der Waals surface area (Å²) in [5, 5.41) is 5.70. The average molecular weight is 633 g/mol. The van der Waals surface area contributed by atoms with Crippen molar-refractivity contribution in [1.82, 2.24) is 0 Å². The summed E-state index contributed by atoms with van der Waals surface area (Å²) in [6.07, 6.45) is 0. The van der Waals surface area contributed by atoms with Crippen molar-refractivity contribution in [2.75, 3.05) is 0 Å². The Morgan fingerprint density at radius 2 is 0.853 bits per heavy atom. The predicted octanol–water partition coefficient (Wildman–Crippen LogP) is 9.84. The molecule has 178 valence electrons. The van der Waals surface area contributed by atoms with E-state index < -0.39 is 0 Å². The number of hydrogen-bond acceptors (Lipinski definition) is 0. The van der Waals surface area contributed by atoms with Crippen LogP contribution in [0.2, 0.25) is 0 Å². The summed E-state index contributed by atoms with van der Waals surface area (Å²) in [5.41, 5.74) is 8.66. The summed E-state index contributed by atoms with van der Waals surface area (Å²) in [4.78, 5) is 0. The van der Waals surface area contributed by atoms with Crippen molar-refractivity contribution < 1.29 is 23.0 Å². The van der Waals surface area contributed by atoms with Gasteiger partial charge in [0.15, 0.2) is 0 Å². The van der Waals surface area contributed by atoms with Crippen molar-refractivity contribution in [3.63, 3.8) is 0 Å². The van der Waals surface area contributed by atoms with Crippen LogP contribution in [0.15, 0.2) is 48.5 Å². The van der Waals surface area contributed by atoms with Crippen LogP contribution in [-0.2, 0) is 23.0 Å². The Morgan fingerprint density at radius 3 is 1.12 bits per heavy atom. The standard InChI is InChI=1S/2C16H21.Hf.Si/c2*1-10(2)13-8-14-6-12(5)7-16(14)15(9-13)11(3)4;;/h2*6-11H,1-5H3;;/q2*-1;+2;. The first-order chi connectivity index (χ1) is 16.0. The van der Waals surface area contributed by atoms with E-state index in [1.807, 2.05) is 0 Å². The molecule has 4 rings (SSSR count). The Kier molecular flexibility index (Phi) is 10.8. The van der Waals surface area contributed by atoms with E-state index in [0.717, 1.165) is 23.0 Å². The zero-order valence-electron chi connectivity index (χ0n) is 22.9. The molecular formula is C32H42HfSi. The van der Waals surface area contributed by atoms with Gasteiger partial charge >= 0.3 is 29.9 Å². The second-order valence-electron chi connectivity index (χ2n) is 10.9. The van der Waals surface area contributed by atoms with E-state index in [-0.39, 0.29) is 0 Å². The molecule has 0 unspecified atom stereocenters. The summed E-state index contributed by atoms with van der Waals surface area (Å²) in [5.74, 6) is 2.42. The van der Waals surface area contributed by atoms with E-state index in [1.165, 1.54) is 54.9 Å². The van der Waals surface area contributed by atoms with Gasteiger partial charge in [0.25, 0.3) is 0 Å². The summed E-state index contributed by atoms with van der Waals surface area (Å²) in [7, 11) is 0. The molecule has 0 fully saturated rings. The minimum absolute atomic E-state index is 0.600. The first-order valence-electron chi connectivity index (χ1n) is 12.6. The van der Waals surface area contributed by atoms with Gasteiger partial charge in [-0.3, -0.25) is 0 Å². The van der Waals surface area contributed by atoms with Crippen LogP contribution < -0.4 is 0 Å². The van der Waals surface area contributed by atoms with Crippen LogP contribution in [-0.4, -0.2) is 6.94 Å². The molecular weight excluding hydrogens is 591 g/mol. The van der Waals surface area contributed by atoms with Crippen molar-refractivity contribution in [2.24, 2.45) is 0 Å². The molecule has 0 N–H and O–H groups in total. The monoisotopic (exact) mass is 634 g/mol. The Hall–Kier alpha value is -1.25. The van der Waals surface area contributed by atoms with Crippen molar-refractivity contribution in [2.45, 2.75) is 92.9 Å². The van der Waals surface area contributed by atoms with Gasteiger partial charge in [-0.15, -0.1) is 56.9 Å². The fourth-order valence-electron chi connectivity index (χ4n) is 4.67. The molecule has 0 aromatic heterocycles. The number of fused-ring (bicyclic) bond motifs is 2. The van der Waals surface area contributed by atoms with Gasteiger partial charge in [-0.2, -0.15) is 12.1 Å². The molecule has 4 aromatic rings. The summed E-state index contributed by atoms with van der Waals surface area (Å²) < 4.78 is 0. The molecule has 0 aliphatic rings. The molecule has 0 saturated heterocycles. The van der Waals surface area contributed by atoms with Crippen molar-refractivity contribution in [3.05, 3.63) is 81.9 Å². The Bertz CT molecular complexity index is 1120. The van der Waals surface area contributed by atoms with Gasteiger partial charge in [0.2, 0.25) is 0 Å². The first-order valence-corrected chi connectivity index (χ1v) is 18.5. The molecule has 0 atom stereocenters. The van der Waals surface area contributed by atoms with E-state index in [1.54, 1.807) is 0 Å². The third-order valence-corrected chi connectivity index (χ3v) is 6.62. The van der Waals surface area contributed by atoms with Crippen molar-refractivity contribution >= 4 is 28.5 Å². The zero-order valence-corrected chi connectivity index (χ0v) is 27.5. The van der Waals surface area contributed by atoms with E-state index in [2.05, 4.69) is 125 Å². The molecule has 0 nitrogen and oxygen atoms in total. The van der Waals surface area contributed by atoms with Crippen LogP contribution in [0.25, 0.3) is 21.5 Å². The second-order valence-corrected chi connectivity index (χ2v) is 10.9. The molecule has 4 aromatic carbocycles.